The molecule has 0 aliphatic carbocycles. The van der Waals surface area contributed by atoms with Crippen molar-refractivity contribution < 1.29 is 4.74 Å². The molecule has 0 aromatic carbocycles. The van der Waals surface area contributed by atoms with E-state index in [1.54, 1.807) is 13.2 Å². The highest BCUT2D eigenvalue weighted by atomic mass is 79.9. The number of anilines is 1. The SMILES string of the molecule is C[C@@H](CC[C@@H]1CCCO1)Nc1cnn(C)c(=O)c1Br. The van der Waals surface area contributed by atoms with Crippen LogP contribution in [0.15, 0.2) is 15.5 Å². The fourth-order valence-electron chi connectivity index (χ4n) is 2.26. The smallest absolute Gasteiger partial charge is 0.282 e. The summed E-state index contributed by atoms with van der Waals surface area (Å²) in [5.41, 5.74) is 0.624. The van der Waals surface area contributed by atoms with E-state index >= 15 is 0 Å². The summed E-state index contributed by atoms with van der Waals surface area (Å²) in [5.74, 6) is 0. The molecule has 1 aliphatic heterocycles. The molecule has 0 bridgehead atoms. The van der Waals surface area contributed by atoms with Crippen molar-refractivity contribution in [2.75, 3.05) is 11.9 Å². The van der Waals surface area contributed by atoms with Crippen LogP contribution in [0.2, 0.25) is 0 Å². The maximum Gasteiger partial charge on any atom is 0.282 e. The molecule has 1 N–H and O–H groups in total. The van der Waals surface area contributed by atoms with E-state index in [0.29, 0.717) is 10.6 Å². The average Bonchev–Trinajstić information content (AvgIpc) is 2.90. The summed E-state index contributed by atoms with van der Waals surface area (Å²) < 4.78 is 7.46. The fraction of sp³-hybridized carbons (Fsp3) is 0.692. The van der Waals surface area contributed by atoms with Crippen molar-refractivity contribution in [2.24, 2.45) is 7.05 Å². The molecular weight excluding hydrogens is 310 g/mol. The quantitative estimate of drug-likeness (QED) is 0.900. The largest absolute Gasteiger partial charge is 0.380 e. The van der Waals surface area contributed by atoms with Gasteiger partial charge >= 0.3 is 0 Å². The van der Waals surface area contributed by atoms with Gasteiger partial charge in [0.15, 0.2) is 0 Å². The first-order valence-electron chi connectivity index (χ1n) is 6.68. The fourth-order valence-corrected chi connectivity index (χ4v) is 2.73. The lowest BCUT2D eigenvalue weighted by Gasteiger charge is -2.18. The maximum absolute atomic E-state index is 11.7. The summed E-state index contributed by atoms with van der Waals surface area (Å²) in [6, 6.07) is 0.286. The highest BCUT2D eigenvalue weighted by molar-refractivity contribution is 9.10. The molecular formula is C13H20BrN3O2. The van der Waals surface area contributed by atoms with Crippen LogP contribution in [-0.2, 0) is 11.8 Å². The van der Waals surface area contributed by atoms with Crippen LogP contribution in [0.4, 0.5) is 5.69 Å². The number of aromatic nitrogens is 2. The van der Waals surface area contributed by atoms with Crippen LogP contribution in [0.1, 0.15) is 32.6 Å². The van der Waals surface area contributed by atoms with Crippen LogP contribution in [0.25, 0.3) is 0 Å². The zero-order valence-electron chi connectivity index (χ0n) is 11.4. The highest BCUT2D eigenvalue weighted by Gasteiger charge is 2.17. The van der Waals surface area contributed by atoms with Crippen LogP contribution in [0.5, 0.6) is 0 Å². The zero-order chi connectivity index (χ0) is 13.8. The number of ether oxygens (including phenoxy) is 1. The van der Waals surface area contributed by atoms with Crippen molar-refractivity contribution in [2.45, 2.75) is 44.8 Å². The van der Waals surface area contributed by atoms with Gasteiger partial charge in [0.1, 0.15) is 4.47 Å². The van der Waals surface area contributed by atoms with E-state index in [9.17, 15) is 4.79 Å². The highest BCUT2D eigenvalue weighted by Crippen LogP contribution is 2.21. The third-order valence-electron chi connectivity index (χ3n) is 3.43. The van der Waals surface area contributed by atoms with E-state index in [1.807, 2.05) is 0 Å². The first kappa shape index (κ1) is 14.5. The minimum atomic E-state index is -0.128. The van der Waals surface area contributed by atoms with Crippen molar-refractivity contribution in [1.82, 2.24) is 9.78 Å². The van der Waals surface area contributed by atoms with Gasteiger partial charge < -0.3 is 10.1 Å². The summed E-state index contributed by atoms with van der Waals surface area (Å²) in [4.78, 5) is 11.7. The van der Waals surface area contributed by atoms with Gasteiger partial charge in [0.25, 0.3) is 5.56 Å². The van der Waals surface area contributed by atoms with Gasteiger partial charge in [0.2, 0.25) is 0 Å². The lowest BCUT2D eigenvalue weighted by atomic mass is 10.1. The molecule has 6 heteroatoms. The van der Waals surface area contributed by atoms with Crippen molar-refractivity contribution in [3.8, 4) is 0 Å². The predicted octanol–water partition coefficient (Wildman–Crippen LogP) is 2.30. The Morgan fingerprint density at radius 1 is 1.68 bits per heavy atom. The Balaban J connectivity index is 1.89. The molecule has 19 heavy (non-hydrogen) atoms. The molecule has 0 saturated carbocycles. The van der Waals surface area contributed by atoms with Gasteiger partial charge in [-0.25, -0.2) is 4.68 Å². The molecule has 0 spiro atoms. The molecule has 1 aromatic rings. The summed E-state index contributed by atoms with van der Waals surface area (Å²) in [5, 5.41) is 7.34. The molecule has 106 valence electrons. The van der Waals surface area contributed by atoms with E-state index < -0.39 is 0 Å². The molecule has 1 saturated heterocycles. The van der Waals surface area contributed by atoms with Gasteiger partial charge in [-0.3, -0.25) is 4.79 Å². The third kappa shape index (κ3) is 3.79. The number of rotatable bonds is 5. The second-order valence-electron chi connectivity index (χ2n) is 5.06. The molecule has 1 aliphatic rings. The predicted molar refractivity (Wildman–Crippen MR) is 78.5 cm³/mol. The molecule has 5 nitrogen and oxygen atoms in total. The van der Waals surface area contributed by atoms with Gasteiger partial charge in [-0.2, -0.15) is 5.10 Å². The van der Waals surface area contributed by atoms with Gasteiger partial charge in [-0.1, -0.05) is 0 Å². The Labute approximate surface area is 121 Å². The molecule has 2 atom stereocenters. The van der Waals surface area contributed by atoms with Crippen molar-refractivity contribution in [3.05, 3.63) is 21.0 Å². The molecule has 0 radical (unpaired) electrons. The minimum absolute atomic E-state index is 0.128. The Hall–Kier alpha value is -0.880. The molecule has 0 unspecified atom stereocenters. The van der Waals surface area contributed by atoms with E-state index in [0.717, 1.165) is 25.1 Å². The van der Waals surface area contributed by atoms with Crippen LogP contribution in [-0.4, -0.2) is 28.5 Å². The molecule has 0 amide bonds. The van der Waals surface area contributed by atoms with Crippen LogP contribution >= 0.6 is 15.9 Å². The monoisotopic (exact) mass is 329 g/mol. The number of hydrogen-bond acceptors (Lipinski definition) is 4. The lowest BCUT2D eigenvalue weighted by Crippen LogP contribution is -2.24. The average molecular weight is 330 g/mol. The molecule has 1 fully saturated rings. The summed E-state index contributed by atoms with van der Waals surface area (Å²) in [6.45, 7) is 3.01. The van der Waals surface area contributed by atoms with Gasteiger partial charge in [-0.15, -0.1) is 0 Å². The summed E-state index contributed by atoms with van der Waals surface area (Å²) in [7, 11) is 1.64. The van der Waals surface area contributed by atoms with Crippen LogP contribution < -0.4 is 10.9 Å². The van der Waals surface area contributed by atoms with E-state index in [2.05, 4.69) is 33.3 Å². The zero-order valence-corrected chi connectivity index (χ0v) is 12.9. The first-order valence-corrected chi connectivity index (χ1v) is 7.47. The summed E-state index contributed by atoms with van der Waals surface area (Å²) >= 11 is 3.32. The number of hydrogen-bond donors (Lipinski definition) is 1. The Kier molecular flexibility index (Phi) is 4.99. The van der Waals surface area contributed by atoms with Gasteiger partial charge in [0, 0.05) is 19.7 Å². The normalized spacial score (nSPS) is 20.5. The van der Waals surface area contributed by atoms with Crippen molar-refractivity contribution in [1.29, 1.82) is 0 Å². The Morgan fingerprint density at radius 3 is 3.16 bits per heavy atom. The van der Waals surface area contributed by atoms with Crippen LogP contribution in [0, 0.1) is 0 Å². The summed E-state index contributed by atoms with van der Waals surface area (Å²) in [6.07, 6.45) is 6.51. The third-order valence-corrected chi connectivity index (χ3v) is 4.19. The molecule has 1 aromatic heterocycles. The standard InChI is InChI=1S/C13H20BrN3O2/c1-9(5-6-10-4-3-7-19-10)16-11-8-15-17(2)13(18)12(11)14/h8-10,16H,3-7H2,1-2H3/t9-,10-/m0/s1. The second kappa shape index (κ2) is 6.52. The number of nitrogens with one attached hydrogen (secondary N) is 1. The van der Waals surface area contributed by atoms with E-state index in [-0.39, 0.29) is 11.6 Å². The Morgan fingerprint density at radius 2 is 2.47 bits per heavy atom. The van der Waals surface area contributed by atoms with Crippen molar-refractivity contribution >= 4 is 21.6 Å². The molecule has 2 heterocycles. The maximum atomic E-state index is 11.7. The first-order chi connectivity index (χ1) is 9.08. The minimum Gasteiger partial charge on any atom is -0.380 e. The molecule has 2 rings (SSSR count). The topological polar surface area (TPSA) is 56.1 Å². The number of halogens is 1. The van der Waals surface area contributed by atoms with Gasteiger partial charge in [-0.05, 0) is 48.5 Å². The van der Waals surface area contributed by atoms with Gasteiger partial charge in [0.05, 0.1) is 18.0 Å². The Bertz CT molecular complexity index is 483. The second-order valence-corrected chi connectivity index (χ2v) is 5.85. The van der Waals surface area contributed by atoms with E-state index in [4.69, 9.17) is 4.74 Å². The van der Waals surface area contributed by atoms with Crippen molar-refractivity contribution in [3.63, 3.8) is 0 Å². The van der Waals surface area contributed by atoms with E-state index in [1.165, 1.54) is 17.5 Å². The van der Waals surface area contributed by atoms with Crippen LogP contribution in [0.3, 0.4) is 0 Å². The number of aryl methyl sites for hydroxylation is 1. The lowest BCUT2D eigenvalue weighted by molar-refractivity contribution is 0.102. The number of nitrogens with zero attached hydrogens (tertiary/aromatic N) is 2.